The average molecular weight is 233 g/mol. The third-order valence-electron chi connectivity index (χ3n) is 2.66. The summed E-state index contributed by atoms with van der Waals surface area (Å²) in [7, 11) is 3.90. The minimum Gasteiger partial charge on any atom is -0.378 e. The Morgan fingerprint density at radius 1 is 1.18 bits per heavy atom. The molecule has 1 heterocycles. The highest BCUT2D eigenvalue weighted by Gasteiger charge is 2.22. The molecule has 0 aliphatic carbocycles. The Bertz CT molecular complexity index is 441. The highest BCUT2D eigenvalue weighted by Crippen LogP contribution is 2.21. The molecule has 2 amide bonds. The molecule has 1 aromatic rings. The third kappa shape index (κ3) is 2.55. The van der Waals surface area contributed by atoms with E-state index in [4.69, 9.17) is 0 Å². The summed E-state index contributed by atoms with van der Waals surface area (Å²) in [5.74, 6) is -0.506. The summed E-state index contributed by atoms with van der Waals surface area (Å²) in [6.45, 7) is 0.450. The van der Waals surface area contributed by atoms with Crippen molar-refractivity contribution in [3.05, 3.63) is 24.3 Å². The van der Waals surface area contributed by atoms with Crippen molar-refractivity contribution >= 4 is 23.2 Å². The van der Waals surface area contributed by atoms with Crippen LogP contribution in [-0.4, -0.2) is 39.0 Å². The molecule has 5 nitrogen and oxygen atoms in total. The number of benzene rings is 1. The fourth-order valence-corrected chi connectivity index (χ4v) is 1.79. The van der Waals surface area contributed by atoms with E-state index < -0.39 is 0 Å². The zero-order valence-electron chi connectivity index (χ0n) is 9.93. The largest absolute Gasteiger partial charge is 0.378 e. The van der Waals surface area contributed by atoms with Crippen molar-refractivity contribution in [1.29, 1.82) is 0 Å². The summed E-state index contributed by atoms with van der Waals surface area (Å²) in [5.41, 5.74) is 1.93. The van der Waals surface area contributed by atoms with E-state index in [1.807, 2.05) is 43.3 Å². The first-order chi connectivity index (χ1) is 8.06. The number of piperazine rings is 1. The van der Waals surface area contributed by atoms with Gasteiger partial charge in [0.05, 0.1) is 13.1 Å². The number of rotatable bonds is 2. The zero-order chi connectivity index (χ0) is 12.4. The van der Waals surface area contributed by atoms with E-state index >= 15 is 0 Å². The minimum atomic E-state index is -0.253. The highest BCUT2D eigenvalue weighted by atomic mass is 16.2. The number of hydrogen-bond donors (Lipinski definition) is 1. The van der Waals surface area contributed by atoms with Crippen LogP contribution in [0.1, 0.15) is 0 Å². The van der Waals surface area contributed by atoms with Gasteiger partial charge in [0.1, 0.15) is 0 Å². The SMILES string of the molecule is CN(C)c1cccc(N2CC(=O)NC(=O)C2)c1. The van der Waals surface area contributed by atoms with Crippen LogP contribution < -0.4 is 15.1 Å². The summed E-state index contributed by atoms with van der Waals surface area (Å²) in [5, 5.41) is 2.29. The molecule has 1 aliphatic rings. The molecule has 2 rings (SSSR count). The highest BCUT2D eigenvalue weighted by molar-refractivity contribution is 6.02. The van der Waals surface area contributed by atoms with E-state index in [2.05, 4.69) is 5.32 Å². The summed E-state index contributed by atoms with van der Waals surface area (Å²) in [6.07, 6.45) is 0. The number of carbonyl (C=O) groups excluding carboxylic acids is 2. The van der Waals surface area contributed by atoms with E-state index in [0.29, 0.717) is 0 Å². The Balaban J connectivity index is 2.24. The van der Waals surface area contributed by atoms with E-state index in [-0.39, 0.29) is 24.9 Å². The lowest BCUT2D eigenvalue weighted by atomic mass is 10.2. The lowest BCUT2D eigenvalue weighted by molar-refractivity contribution is -0.130. The molecule has 17 heavy (non-hydrogen) atoms. The first-order valence-electron chi connectivity index (χ1n) is 5.41. The maximum Gasteiger partial charge on any atom is 0.246 e. The summed E-state index contributed by atoms with van der Waals surface area (Å²) in [4.78, 5) is 26.3. The van der Waals surface area contributed by atoms with Gasteiger partial charge in [0.2, 0.25) is 11.8 Å². The van der Waals surface area contributed by atoms with Gasteiger partial charge in [-0.25, -0.2) is 0 Å². The molecule has 90 valence electrons. The van der Waals surface area contributed by atoms with Gasteiger partial charge in [-0.3, -0.25) is 14.9 Å². The molecule has 1 N–H and O–H groups in total. The lowest BCUT2D eigenvalue weighted by Crippen LogP contribution is -2.51. The van der Waals surface area contributed by atoms with Crippen LogP contribution in [0.2, 0.25) is 0 Å². The monoisotopic (exact) mass is 233 g/mol. The molecule has 5 heteroatoms. The molecule has 0 unspecified atom stereocenters. The predicted molar refractivity (Wildman–Crippen MR) is 66.1 cm³/mol. The molecule has 0 spiro atoms. The van der Waals surface area contributed by atoms with Crippen molar-refractivity contribution < 1.29 is 9.59 Å². The summed E-state index contributed by atoms with van der Waals surface area (Å²) in [6, 6.07) is 7.77. The van der Waals surface area contributed by atoms with Gasteiger partial charge in [-0.05, 0) is 18.2 Å². The Labute approximate surface area is 100 Å². The molecule has 1 aromatic carbocycles. The van der Waals surface area contributed by atoms with Crippen molar-refractivity contribution in [2.75, 3.05) is 37.0 Å². The van der Waals surface area contributed by atoms with Crippen LogP contribution in [0.25, 0.3) is 0 Å². The van der Waals surface area contributed by atoms with Crippen LogP contribution in [0.3, 0.4) is 0 Å². The molecule has 0 atom stereocenters. The van der Waals surface area contributed by atoms with Gasteiger partial charge >= 0.3 is 0 Å². The number of carbonyl (C=O) groups is 2. The first-order valence-corrected chi connectivity index (χ1v) is 5.41. The van der Waals surface area contributed by atoms with Gasteiger partial charge in [-0.15, -0.1) is 0 Å². The maximum absolute atomic E-state index is 11.3. The van der Waals surface area contributed by atoms with E-state index in [9.17, 15) is 9.59 Å². The summed E-state index contributed by atoms with van der Waals surface area (Å²) < 4.78 is 0. The Morgan fingerprint density at radius 2 is 1.82 bits per heavy atom. The minimum absolute atomic E-state index is 0.225. The van der Waals surface area contributed by atoms with Crippen LogP contribution in [0, 0.1) is 0 Å². The van der Waals surface area contributed by atoms with Gasteiger partial charge in [0.25, 0.3) is 0 Å². The van der Waals surface area contributed by atoms with Gasteiger partial charge in [0, 0.05) is 25.5 Å². The average Bonchev–Trinajstić information content (AvgIpc) is 2.28. The molecule has 1 saturated heterocycles. The molecule has 1 fully saturated rings. The Hall–Kier alpha value is -2.04. The Morgan fingerprint density at radius 3 is 2.41 bits per heavy atom. The maximum atomic E-state index is 11.3. The van der Waals surface area contributed by atoms with E-state index in [1.165, 1.54) is 0 Å². The second-order valence-corrected chi connectivity index (χ2v) is 4.24. The summed E-state index contributed by atoms with van der Waals surface area (Å²) >= 11 is 0. The molecule has 0 bridgehead atoms. The quantitative estimate of drug-likeness (QED) is 0.742. The lowest BCUT2D eigenvalue weighted by Gasteiger charge is -2.28. The number of anilines is 2. The second-order valence-electron chi connectivity index (χ2n) is 4.24. The fraction of sp³-hybridized carbons (Fsp3) is 0.333. The number of amides is 2. The molecule has 0 aromatic heterocycles. The standard InChI is InChI=1S/C12H15N3O2/c1-14(2)9-4-3-5-10(6-9)15-7-11(16)13-12(17)8-15/h3-6H,7-8H2,1-2H3,(H,13,16,17). The predicted octanol–water partition coefficient (Wildman–Crippen LogP) is 0.215. The number of nitrogens with zero attached hydrogens (tertiary/aromatic N) is 2. The fourth-order valence-electron chi connectivity index (χ4n) is 1.79. The van der Waals surface area contributed by atoms with Crippen LogP contribution in [0.4, 0.5) is 11.4 Å². The molecule has 0 saturated carbocycles. The van der Waals surface area contributed by atoms with Crippen molar-refractivity contribution in [3.8, 4) is 0 Å². The van der Waals surface area contributed by atoms with Gasteiger partial charge in [0.15, 0.2) is 0 Å². The molecular formula is C12H15N3O2. The van der Waals surface area contributed by atoms with Gasteiger partial charge in [-0.1, -0.05) is 6.07 Å². The number of nitrogens with one attached hydrogen (secondary N) is 1. The topological polar surface area (TPSA) is 52.6 Å². The van der Waals surface area contributed by atoms with Crippen LogP contribution in [-0.2, 0) is 9.59 Å². The van der Waals surface area contributed by atoms with Crippen LogP contribution in [0.15, 0.2) is 24.3 Å². The van der Waals surface area contributed by atoms with Crippen LogP contribution in [0.5, 0.6) is 0 Å². The van der Waals surface area contributed by atoms with E-state index in [1.54, 1.807) is 4.90 Å². The molecule has 0 radical (unpaired) electrons. The van der Waals surface area contributed by atoms with Gasteiger partial charge in [-0.2, -0.15) is 0 Å². The molecule has 1 aliphatic heterocycles. The normalized spacial score (nSPS) is 15.8. The van der Waals surface area contributed by atoms with E-state index in [0.717, 1.165) is 11.4 Å². The van der Waals surface area contributed by atoms with Crippen molar-refractivity contribution in [2.45, 2.75) is 0 Å². The smallest absolute Gasteiger partial charge is 0.246 e. The van der Waals surface area contributed by atoms with Gasteiger partial charge < -0.3 is 9.80 Å². The van der Waals surface area contributed by atoms with Crippen molar-refractivity contribution in [3.63, 3.8) is 0 Å². The van der Waals surface area contributed by atoms with Crippen molar-refractivity contribution in [1.82, 2.24) is 5.32 Å². The number of imide groups is 1. The second kappa shape index (κ2) is 4.45. The molecular weight excluding hydrogens is 218 g/mol. The van der Waals surface area contributed by atoms with Crippen LogP contribution >= 0.6 is 0 Å². The Kier molecular flexibility index (Phi) is 2.99. The zero-order valence-corrected chi connectivity index (χ0v) is 9.93. The van der Waals surface area contributed by atoms with Crippen molar-refractivity contribution in [2.24, 2.45) is 0 Å². The third-order valence-corrected chi connectivity index (χ3v) is 2.66. The first kappa shape index (κ1) is 11.4. The number of hydrogen-bond acceptors (Lipinski definition) is 4.